The Balaban J connectivity index is 2.14. The molecule has 1 fully saturated rings. The van der Waals surface area contributed by atoms with Crippen molar-refractivity contribution in [3.63, 3.8) is 0 Å². The maximum Gasteiger partial charge on any atom is 0.323 e. The van der Waals surface area contributed by atoms with Gasteiger partial charge in [-0.3, -0.25) is 9.59 Å². The lowest BCUT2D eigenvalue weighted by Crippen LogP contribution is -2.31. The highest BCUT2D eigenvalue weighted by atomic mass is 16.4. The summed E-state index contributed by atoms with van der Waals surface area (Å²) in [5, 5.41) is 8.80. The lowest BCUT2D eigenvalue weighted by molar-refractivity contribution is -0.137. The summed E-state index contributed by atoms with van der Waals surface area (Å²) in [5.41, 5.74) is 0.457. The molecule has 2 atom stereocenters. The molecule has 5 nitrogen and oxygen atoms in total. The van der Waals surface area contributed by atoms with E-state index in [9.17, 15) is 9.59 Å². The van der Waals surface area contributed by atoms with Crippen LogP contribution in [0.25, 0.3) is 0 Å². The molecule has 1 saturated heterocycles. The number of hydrogen-bond donors (Lipinski definition) is 1. The van der Waals surface area contributed by atoms with Crippen molar-refractivity contribution >= 4 is 11.9 Å². The smallest absolute Gasteiger partial charge is 0.323 e. The molecule has 0 bridgehead atoms. The first-order valence-electron chi connectivity index (χ1n) is 6.15. The van der Waals surface area contributed by atoms with Crippen LogP contribution in [0.15, 0.2) is 18.3 Å². The van der Waals surface area contributed by atoms with Crippen molar-refractivity contribution < 1.29 is 14.7 Å². The Morgan fingerprint density at radius 2 is 1.94 bits per heavy atom. The zero-order valence-electron chi connectivity index (χ0n) is 10.7. The average molecular weight is 250 g/mol. The summed E-state index contributed by atoms with van der Waals surface area (Å²) in [6, 6.07) is 3.39. The van der Waals surface area contributed by atoms with Crippen LogP contribution in [0.1, 0.15) is 24.3 Å². The number of carbonyl (C=O) groups is 2. The predicted octanol–water partition coefficient (Wildman–Crippen LogP) is 1.30. The van der Waals surface area contributed by atoms with E-state index in [-0.39, 0.29) is 12.5 Å². The van der Waals surface area contributed by atoms with Gasteiger partial charge < -0.3 is 14.6 Å². The highest BCUT2D eigenvalue weighted by Gasteiger charge is 2.30. The monoisotopic (exact) mass is 250 g/mol. The number of hydrogen-bond acceptors (Lipinski definition) is 2. The number of aromatic nitrogens is 1. The first-order chi connectivity index (χ1) is 8.49. The Morgan fingerprint density at radius 3 is 2.50 bits per heavy atom. The summed E-state index contributed by atoms with van der Waals surface area (Å²) in [6.45, 7) is 5.59. The number of carboxylic acid groups (broad SMARTS) is 1. The van der Waals surface area contributed by atoms with Gasteiger partial charge in [0.25, 0.3) is 5.91 Å². The predicted molar refractivity (Wildman–Crippen MR) is 66.3 cm³/mol. The van der Waals surface area contributed by atoms with E-state index in [1.165, 1.54) is 4.57 Å². The van der Waals surface area contributed by atoms with Crippen molar-refractivity contribution in [2.75, 3.05) is 13.1 Å². The van der Waals surface area contributed by atoms with E-state index in [0.29, 0.717) is 17.5 Å². The highest BCUT2D eigenvalue weighted by molar-refractivity contribution is 5.93. The summed E-state index contributed by atoms with van der Waals surface area (Å²) in [7, 11) is 0. The van der Waals surface area contributed by atoms with Crippen molar-refractivity contribution in [3.8, 4) is 0 Å². The van der Waals surface area contributed by atoms with Crippen molar-refractivity contribution in [2.24, 2.45) is 11.8 Å². The second-order valence-electron chi connectivity index (χ2n) is 5.08. The third kappa shape index (κ3) is 2.39. The van der Waals surface area contributed by atoms with Gasteiger partial charge in [-0.05, 0) is 24.0 Å². The van der Waals surface area contributed by atoms with Crippen molar-refractivity contribution in [3.05, 3.63) is 24.0 Å². The lowest BCUT2D eigenvalue weighted by atomic mass is 10.0. The van der Waals surface area contributed by atoms with Gasteiger partial charge in [0.15, 0.2) is 0 Å². The molecule has 1 aliphatic rings. The molecule has 18 heavy (non-hydrogen) atoms. The molecule has 1 aromatic rings. The van der Waals surface area contributed by atoms with Crippen LogP contribution in [-0.2, 0) is 11.3 Å². The Hall–Kier alpha value is -1.78. The zero-order chi connectivity index (χ0) is 13.3. The third-order valence-electron chi connectivity index (χ3n) is 3.63. The summed E-state index contributed by atoms with van der Waals surface area (Å²) >= 11 is 0. The van der Waals surface area contributed by atoms with E-state index < -0.39 is 5.97 Å². The lowest BCUT2D eigenvalue weighted by Gasteiger charge is -2.17. The van der Waals surface area contributed by atoms with Crippen molar-refractivity contribution in [1.82, 2.24) is 9.47 Å². The van der Waals surface area contributed by atoms with Crippen LogP contribution in [0.2, 0.25) is 0 Å². The first-order valence-corrected chi connectivity index (χ1v) is 6.15. The van der Waals surface area contributed by atoms with E-state index in [0.717, 1.165) is 13.1 Å². The number of carbonyl (C=O) groups excluding carboxylic acids is 1. The molecule has 0 spiro atoms. The van der Waals surface area contributed by atoms with Crippen molar-refractivity contribution in [1.29, 1.82) is 0 Å². The zero-order valence-corrected chi connectivity index (χ0v) is 10.7. The second kappa shape index (κ2) is 4.84. The van der Waals surface area contributed by atoms with Crippen LogP contribution in [0.4, 0.5) is 0 Å². The maximum atomic E-state index is 12.3. The Kier molecular flexibility index (Phi) is 3.41. The number of aliphatic carboxylic acids is 1. The number of carboxylic acids is 1. The summed E-state index contributed by atoms with van der Waals surface area (Å²) in [6.07, 6.45) is 1.63. The van der Waals surface area contributed by atoms with Gasteiger partial charge in [0, 0.05) is 19.3 Å². The van der Waals surface area contributed by atoms with Crippen LogP contribution >= 0.6 is 0 Å². The molecule has 2 unspecified atom stereocenters. The molecule has 0 aliphatic carbocycles. The van der Waals surface area contributed by atoms with E-state index >= 15 is 0 Å². The Bertz CT molecular complexity index is 457. The van der Waals surface area contributed by atoms with Crippen LogP contribution in [0.5, 0.6) is 0 Å². The van der Waals surface area contributed by atoms with E-state index in [2.05, 4.69) is 13.8 Å². The molecule has 5 heteroatoms. The number of nitrogens with zero attached hydrogens (tertiary/aromatic N) is 2. The van der Waals surface area contributed by atoms with E-state index in [1.54, 1.807) is 18.3 Å². The van der Waals surface area contributed by atoms with Crippen LogP contribution < -0.4 is 0 Å². The molecular weight excluding hydrogens is 232 g/mol. The van der Waals surface area contributed by atoms with Gasteiger partial charge in [-0.15, -0.1) is 0 Å². The molecule has 2 rings (SSSR count). The van der Waals surface area contributed by atoms with Crippen LogP contribution in [-0.4, -0.2) is 39.5 Å². The standard InChI is InChI=1S/C13H18N2O3/c1-9-6-15(7-10(9)2)13(18)11-4-3-5-14(11)8-12(16)17/h3-5,9-10H,6-8H2,1-2H3,(H,16,17). The quantitative estimate of drug-likeness (QED) is 0.879. The minimum atomic E-state index is -0.941. The average Bonchev–Trinajstić information content (AvgIpc) is 2.85. The fourth-order valence-electron chi connectivity index (χ4n) is 2.35. The van der Waals surface area contributed by atoms with Gasteiger partial charge in [0.05, 0.1) is 0 Å². The van der Waals surface area contributed by atoms with Crippen molar-refractivity contribution in [2.45, 2.75) is 20.4 Å². The largest absolute Gasteiger partial charge is 0.480 e. The Morgan fingerprint density at radius 1 is 1.33 bits per heavy atom. The highest BCUT2D eigenvalue weighted by Crippen LogP contribution is 2.23. The van der Waals surface area contributed by atoms with Gasteiger partial charge in [-0.2, -0.15) is 0 Å². The fourth-order valence-corrected chi connectivity index (χ4v) is 2.35. The first kappa shape index (κ1) is 12.7. The summed E-state index contributed by atoms with van der Waals surface area (Å²) in [4.78, 5) is 24.8. The molecule has 1 amide bonds. The SMILES string of the molecule is CC1CN(C(=O)c2cccn2CC(=O)O)CC1C. The molecule has 0 saturated carbocycles. The topological polar surface area (TPSA) is 62.5 Å². The van der Waals surface area contributed by atoms with Gasteiger partial charge in [-0.25, -0.2) is 0 Å². The number of amides is 1. The third-order valence-corrected chi connectivity index (χ3v) is 3.63. The molecule has 98 valence electrons. The van der Waals surface area contributed by atoms with Gasteiger partial charge in [0.2, 0.25) is 0 Å². The molecule has 1 aliphatic heterocycles. The minimum absolute atomic E-state index is 0.0718. The van der Waals surface area contributed by atoms with Crippen LogP contribution in [0.3, 0.4) is 0 Å². The van der Waals surface area contributed by atoms with Crippen LogP contribution in [0, 0.1) is 11.8 Å². The minimum Gasteiger partial charge on any atom is -0.480 e. The number of likely N-dealkylation sites (tertiary alicyclic amines) is 1. The molecule has 1 aromatic heterocycles. The maximum absolute atomic E-state index is 12.3. The summed E-state index contributed by atoms with van der Waals surface area (Å²) < 4.78 is 1.48. The molecule has 1 N–H and O–H groups in total. The normalized spacial score (nSPS) is 23.3. The molecule has 2 heterocycles. The van der Waals surface area contributed by atoms with Gasteiger partial charge >= 0.3 is 5.97 Å². The summed E-state index contributed by atoms with van der Waals surface area (Å²) in [5.74, 6) is -0.0190. The second-order valence-corrected chi connectivity index (χ2v) is 5.08. The molecular formula is C13H18N2O3. The molecule has 0 radical (unpaired) electrons. The Labute approximate surface area is 106 Å². The van der Waals surface area contributed by atoms with Gasteiger partial charge in [-0.1, -0.05) is 13.8 Å². The van der Waals surface area contributed by atoms with E-state index in [1.807, 2.05) is 4.90 Å². The fraction of sp³-hybridized carbons (Fsp3) is 0.538. The molecule has 0 aromatic carbocycles. The van der Waals surface area contributed by atoms with Gasteiger partial charge in [0.1, 0.15) is 12.2 Å². The number of rotatable bonds is 3. The van der Waals surface area contributed by atoms with E-state index in [4.69, 9.17) is 5.11 Å².